The molecule has 1 unspecified atom stereocenters. The monoisotopic (exact) mass is 237 g/mol. The average molecular weight is 237 g/mol. The van der Waals surface area contributed by atoms with E-state index in [4.69, 9.17) is 0 Å². The number of carbonyl (C=O) groups excluding carboxylic acids is 1. The summed E-state index contributed by atoms with van der Waals surface area (Å²) in [5.74, 6) is 0. The Morgan fingerprint density at radius 1 is 1.25 bits per heavy atom. The summed E-state index contributed by atoms with van der Waals surface area (Å²) in [6, 6.07) is 0.0161. The average Bonchev–Trinajstić information content (AvgIpc) is 2.40. The van der Waals surface area contributed by atoms with Gasteiger partial charge in [-0.05, 0) is 19.4 Å². The summed E-state index contributed by atoms with van der Waals surface area (Å²) in [7, 11) is 0. The van der Waals surface area contributed by atoms with Crippen LogP contribution in [0.3, 0.4) is 0 Å². The van der Waals surface area contributed by atoms with Crippen molar-refractivity contribution in [1.82, 2.24) is 4.90 Å². The van der Waals surface area contributed by atoms with Crippen molar-refractivity contribution in [2.75, 3.05) is 13.1 Å². The largest absolute Gasteiger partial charge is 0.390 e. The molecule has 0 aromatic heterocycles. The third kappa shape index (κ3) is 4.96. The molecule has 0 aliphatic carbocycles. The molecule has 0 aromatic carbocycles. The second kappa shape index (κ2) is 6.23. The minimum atomic E-state index is -4.10. The lowest BCUT2D eigenvalue weighted by atomic mass is 10.1. The van der Waals surface area contributed by atoms with Gasteiger partial charge in [-0.2, -0.15) is 13.2 Å². The van der Waals surface area contributed by atoms with E-state index in [0.29, 0.717) is 13.0 Å². The molecule has 94 valence electrons. The van der Waals surface area contributed by atoms with E-state index < -0.39 is 12.6 Å². The topological polar surface area (TPSA) is 20.3 Å². The van der Waals surface area contributed by atoms with Crippen LogP contribution in [-0.4, -0.2) is 36.5 Å². The van der Waals surface area contributed by atoms with E-state index in [0.717, 1.165) is 32.0 Å². The van der Waals surface area contributed by atoms with Crippen LogP contribution in [0.2, 0.25) is 0 Å². The van der Waals surface area contributed by atoms with E-state index in [1.54, 1.807) is 0 Å². The third-order valence-corrected chi connectivity index (χ3v) is 3.05. The molecule has 0 radical (unpaired) electrons. The Morgan fingerprint density at radius 2 is 2.00 bits per heavy atom. The zero-order valence-corrected chi connectivity index (χ0v) is 9.30. The summed E-state index contributed by atoms with van der Waals surface area (Å²) in [6.07, 6.45) is 0.150. The summed E-state index contributed by atoms with van der Waals surface area (Å²) in [5.41, 5.74) is 0. The Kier molecular flexibility index (Phi) is 5.25. The molecule has 1 aliphatic rings. The van der Waals surface area contributed by atoms with Crippen molar-refractivity contribution in [3.63, 3.8) is 0 Å². The van der Waals surface area contributed by atoms with Gasteiger partial charge in [0.15, 0.2) is 0 Å². The lowest BCUT2D eigenvalue weighted by Gasteiger charge is -2.28. The van der Waals surface area contributed by atoms with E-state index in [1.165, 1.54) is 0 Å². The smallest absolute Gasteiger partial charge is 0.303 e. The van der Waals surface area contributed by atoms with Crippen molar-refractivity contribution in [1.29, 1.82) is 0 Å². The third-order valence-electron chi connectivity index (χ3n) is 3.05. The van der Waals surface area contributed by atoms with Crippen molar-refractivity contribution < 1.29 is 18.0 Å². The summed E-state index contributed by atoms with van der Waals surface area (Å²) in [5, 5.41) is 0. The van der Waals surface area contributed by atoms with E-state index in [-0.39, 0.29) is 12.6 Å². The molecule has 0 amide bonds. The minimum absolute atomic E-state index is 0.0161. The Morgan fingerprint density at radius 3 is 2.62 bits per heavy atom. The van der Waals surface area contributed by atoms with E-state index in [9.17, 15) is 18.0 Å². The number of alkyl halides is 3. The fourth-order valence-corrected chi connectivity index (χ4v) is 2.18. The van der Waals surface area contributed by atoms with E-state index >= 15 is 0 Å². The molecule has 5 heteroatoms. The SMILES string of the molecule is O=CCC1CCCCCN1CCC(F)(F)F. The molecule has 0 spiro atoms. The normalized spacial score (nSPS) is 24.1. The first-order valence-corrected chi connectivity index (χ1v) is 5.77. The van der Waals surface area contributed by atoms with Gasteiger partial charge in [-0.25, -0.2) is 0 Å². The van der Waals surface area contributed by atoms with Crippen LogP contribution in [-0.2, 0) is 4.79 Å². The molecule has 1 heterocycles. The van der Waals surface area contributed by atoms with Crippen LogP contribution in [0.4, 0.5) is 13.2 Å². The first-order chi connectivity index (χ1) is 7.53. The Balaban J connectivity index is 2.47. The van der Waals surface area contributed by atoms with Crippen LogP contribution >= 0.6 is 0 Å². The maximum atomic E-state index is 12.1. The molecule has 1 atom stereocenters. The zero-order chi connectivity index (χ0) is 12.0. The van der Waals surface area contributed by atoms with Crippen LogP contribution < -0.4 is 0 Å². The van der Waals surface area contributed by atoms with Crippen LogP contribution in [0.25, 0.3) is 0 Å². The Bertz CT molecular complexity index is 218. The quantitative estimate of drug-likeness (QED) is 0.701. The highest BCUT2D eigenvalue weighted by Crippen LogP contribution is 2.24. The molecule has 0 N–H and O–H groups in total. The van der Waals surface area contributed by atoms with Crippen LogP contribution in [0, 0.1) is 0 Å². The fourth-order valence-electron chi connectivity index (χ4n) is 2.18. The number of nitrogens with zero attached hydrogens (tertiary/aromatic N) is 1. The summed E-state index contributed by atoms with van der Waals surface area (Å²) in [4.78, 5) is 12.3. The van der Waals surface area contributed by atoms with Crippen molar-refractivity contribution >= 4 is 6.29 Å². The molecular weight excluding hydrogens is 219 g/mol. The molecule has 1 rings (SSSR count). The van der Waals surface area contributed by atoms with E-state index in [2.05, 4.69) is 0 Å². The van der Waals surface area contributed by atoms with Crippen molar-refractivity contribution in [3.8, 4) is 0 Å². The predicted octanol–water partition coefficient (Wildman–Crippen LogP) is 2.77. The van der Waals surface area contributed by atoms with Gasteiger partial charge in [-0.15, -0.1) is 0 Å². The number of rotatable bonds is 4. The first-order valence-electron chi connectivity index (χ1n) is 5.77. The molecule has 1 saturated heterocycles. The number of halogens is 3. The second-order valence-corrected chi connectivity index (χ2v) is 4.31. The zero-order valence-electron chi connectivity index (χ0n) is 9.30. The van der Waals surface area contributed by atoms with Gasteiger partial charge in [0.25, 0.3) is 0 Å². The molecule has 1 fully saturated rings. The van der Waals surface area contributed by atoms with Crippen molar-refractivity contribution in [2.45, 2.75) is 50.7 Å². The maximum absolute atomic E-state index is 12.1. The number of likely N-dealkylation sites (tertiary alicyclic amines) is 1. The van der Waals surface area contributed by atoms with Gasteiger partial charge in [0.2, 0.25) is 0 Å². The summed E-state index contributed by atoms with van der Waals surface area (Å²) >= 11 is 0. The number of carbonyl (C=O) groups is 1. The molecular formula is C11H18F3NO. The van der Waals surface area contributed by atoms with E-state index in [1.807, 2.05) is 4.90 Å². The Hall–Kier alpha value is -0.580. The number of aldehydes is 1. The lowest BCUT2D eigenvalue weighted by molar-refractivity contribution is -0.139. The molecule has 0 bridgehead atoms. The Labute approximate surface area is 93.8 Å². The van der Waals surface area contributed by atoms with Crippen molar-refractivity contribution in [2.24, 2.45) is 0 Å². The highest BCUT2D eigenvalue weighted by atomic mass is 19.4. The van der Waals surface area contributed by atoms with Gasteiger partial charge < -0.3 is 4.79 Å². The molecule has 2 nitrogen and oxygen atoms in total. The first kappa shape index (κ1) is 13.5. The molecule has 0 saturated carbocycles. The van der Waals surface area contributed by atoms with Gasteiger partial charge in [0.1, 0.15) is 6.29 Å². The van der Waals surface area contributed by atoms with Crippen molar-refractivity contribution in [3.05, 3.63) is 0 Å². The summed E-state index contributed by atoms with van der Waals surface area (Å²) in [6.45, 7) is 0.719. The standard InChI is InChI=1S/C11H18F3NO/c12-11(13,14)6-8-15-7-3-1-2-4-10(15)5-9-16/h9-10H,1-8H2. The van der Waals surface area contributed by atoms with Gasteiger partial charge in [0.05, 0.1) is 6.42 Å². The second-order valence-electron chi connectivity index (χ2n) is 4.31. The van der Waals surface area contributed by atoms with Crippen LogP contribution in [0.1, 0.15) is 38.5 Å². The highest BCUT2D eigenvalue weighted by Gasteiger charge is 2.30. The van der Waals surface area contributed by atoms with Gasteiger partial charge in [-0.3, -0.25) is 4.90 Å². The fraction of sp³-hybridized carbons (Fsp3) is 0.909. The molecule has 0 aromatic rings. The van der Waals surface area contributed by atoms with Gasteiger partial charge in [-0.1, -0.05) is 12.8 Å². The number of hydrogen-bond donors (Lipinski definition) is 0. The predicted molar refractivity (Wildman–Crippen MR) is 55.2 cm³/mol. The van der Waals surface area contributed by atoms with Crippen LogP contribution in [0.15, 0.2) is 0 Å². The summed E-state index contributed by atoms with van der Waals surface area (Å²) < 4.78 is 36.4. The lowest BCUT2D eigenvalue weighted by Crippen LogP contribution is -2.37. The molecule has 1 aliphatic heterocycles. The van der Waals surface area contributed by atoms with Gasteiger partial charge >= 0.3 is 6.18 Å². The molecule has 16 heavy (non-hydrogen) atoms. The minimum Gasteiger partial charge on any atom is -0.303 e. The highest BCUT2D eigenvalue weighted by molar-refractivity contribution is 5.50. The maximum Gasteiger partial charge on any atom is 0.390 e. The van der Waals surface area contributed by atoms with Gasteiger partial charge in [0, 0.05) is 19.0 Å². The number of hydrogen-bond acceptors (Lipinski definition) is 2. The van der Waals surface area contributed by atoms with Crippen LogP contribution in [0.5, 0.6) is 0 Å².